The van der Waals surface area contributed by atoms with Gasteiger partial charge in [-0.1, -0.05) is 27.2 Å². The molecule has 0 spiro atoms. The summed E-state index contributed by atoms with van der Waals surface area (Å²) in [6.45, 7) is 10.8. The van der Waals surface area contributed by atoms with Gasteiger partial charge in [-0.2, -0.15) is 4.98 Å². The first-order valence-corrected chi connectivity index (χ1v) is 8.98. The SMILES string of the molecule is CCCC(C)(C)CSc1sc(C)c(C)n2c(=O)nc(N)c1-2. The minimum Gasteiger partial charge on any atom is -0.382 e. The minimum atomic E-state index is -0.273. The number of imidazole rings is 1. The molecule has 0 aromatic heterocycles. The Morgan fingerprint density at radius 3 is 2.67 bits per heavy atom. The standard InChI is InChI=1S/C15H23N3OS2/c1-6-7-15(4,5)8-20-13-11-12(16)17-14(19)18(11)9(2)10(3)21-13/h6-8H2,1-5H3,(H2,16,17,19). The van der Waals surface area contributed by atoms with Gasteiger partial charge in [-0.25, -0.2) is 4.79 Å². The molecule has 0 aromatic rings. The van der Waals surface area contributed by atoms with E-state index in [-0.39, 0.29) is 11.1 Å². The van der Waals surface area contributed by atoms with Crippen molar-refractivity contribution in [3.8, 4) is 5.69 Å². The topological polar surface area (TPSA) is 60.9 Å². The van der Waals surface area contributed by atoms with Crippen LogP contribution in [-0.4, -0.2) is 15.3 Å². The first-order valence-electron chi connectivity index (χ1n) is 7.18. The van der Waals surface area contributed by atoms with Gasteiger partial charge in [0.05, 0.1) is 4.21 Å². The van der Waals surface area contributed by atoms with Crippen molar-refractivity contribution in [2.45, 2.75) is 51.7 Å². The van der Waals surface area contributed by atoms with Gasteiger partial charge in [0.2, 0.25) is 0 Å². The predicted octanol–water partition coefficient (Wildman–Crippen LogP) is 3.85. The lowest BCUT2D eigenvalue weighted by atomic mass is 9.91. The number of hydrogen-bond donors (Lipinski definition) is 1. The van der Waals surface area contributed by atoms with Crippen molar-refractivity contribution in [3.63, 3.8) is 0 Å². The zero-order valence-electron chi connectivity index (χ0n) is 13.3. The van der Waals surface area contributed by atoms with Crippen LogP contribution in [0.1, 0.15) is 44.2 Å². The summed E-state index contributed by atoms with van der Waals surface area (Å²) in [6, 6.07) is 0. The molecular formula is C15H23N3OS2. The van der Waals surface area contributed by atoms with Crippen molar-refractivity contribution in [2.24, 2.45) is 5.41 Å². The van der Waals surface area contributed by atoms with Gasteiger partial charge in [0, 0.05) is 16.3 Å². The van der Waals surface area contributed by atoms with Crippen molar-refractivity contribution in [3.05, 3.63) is 21.1 Å². The monoisotopic (exact) mass is 325 g/mol. The molecule has 2 rings (SSSR count). The number of fused-ring (bicyclic) bond motifs is 1. The first kappa shape index (κ1) is 16.4. The molecule has 0 saturated heterocycles. The lowest BCUT2D eigenvalue weighted by molar-refractivity contribution is 0.382. The fourth-order valence-electron chi connectivity index (χ4n) is 2.45. The van der Waals surface area contributed by atoms with Crippen molar-refractivity contribution in [2.75, 3.05) is 11.5 Å². The Hall–Kier alpha value is -1.01. The van der Waals surface area contributed by atoms with Crippen molar-refractivity contribution >= 4 is 28.9 Å². The van der Waals surface area contributed by atoms with E-state index in [1.807, 2.05) is 13.8 Å². The van der Waals surface area contributed by atoms with E-state index < -0.39 is 0 Å². The van der Waals surface area contributed by atoms with Crippen LogP contribution in [0.25, 0.3) is 5.69 Å². The average molecular weight is 326 g/mol. The van der Waals surface area contributed by atoms with Crippen LogP contribution in [-0.2, 0) is 0 Å². The summed E-state index contributed by atoms with van der Waals surface area (Å²) < 4.78 is 2.74. The maximum Gasteiger partial charge on any atom is 0.354 e. The molecule has 0 saturated carbocycles. The van der Waals surface area contributed by atoms with Gasteiger partial charge in [-0.05, 0) is 25.7 Å². The number of aryl methyl sites for hydroxylation is 1. The number of nitrogen functional groups attached to an aromatic ring is 1. The molecule has 0 aromatic carbocycles. The van der Waals surface area contributed by atoms with Crippen molar-refractivity contribution in [1.82, 2.24) is 9.55 Å². The quantitative estimate of drug-likeness (QED) is 0.848. The Morgan fingerprint density at radius 2 is 2.05 bits per heavy atom. The summed E-state index contributed by atoms with van der Waals surface area (Å²) in [4.78, 5) is 17.0. The van der Waals surface area contributed by atoms with Gasteiger partial charge < -0.3 is 5.73 Å². The molecule has 0 amide bonds. The van der Waals surface area contributed by atoms with Gasteiger partial charge in [0.15, 0.2) is 5.82 Å². The molecule has 116 valence electrons. The molecule has 0 fully saturated rings. The minimum absolute atomic E-state index is 0.273. The van der Waals surface area contributed by atoms with Crippen LogP contribution in [0.4, 0.5) is 5.82 Å². The molecule has 2 N–H and O–H groups in total. The Kier molecular flexibility index (Phi) is 4.68. The smallest absolute Gasteiger partial charge is 0.354 e. The van der Waals surface area contributed by atoms with Gasteiger partial charge in [0.1, 0.15) is 5.69 Å². The van der Waals surface area contributed by atoms with Crippen LogP contribution in [0, 0.1) is 19.3 Å². The molecule has 2 aliphatic heterocycles. The van der Waals surface area contributed by atoms with E-state index in [2.05, 4.69) is 25.8 Å². The highest BCUT2D eigenvalue weighted by atomic mass is 32.2. The van der Waals surface area contributed by atoms with E-state index in [1.54, 1.807) is 27.7 Å². The molecule has 4 nitrogen and oxygen atoms in total. The van der Waals surface area contributed by atoms with Crippen molar-refractivity contribution < 1.29 is 0 Å². The third-order valence-electron chi connectivity index (χ3n) is 3.68. The molecule has 0 aliphatic carbocycles. The fourth-order valence-corrected chi connectivity index (χ4v) is 5.05. The molecule has 2 aliphatic rings. The summed E-state index contributed by atoms with van der Waals surface area (Å²) in [5.74, 6) is 1.35. The highest BCUT2D eigenvalue weighted by Crippen LogP contribution is 2.40. The number of nitrogens with zero attached hydrogens (tertiary/aromatic N) is 2. The van der Waals surface area contributed by atoms with E-state index in [0.717, 1.165) is 26.2 Å². The lowest BCUT2D eigenvalue weighted by Gasteiger charge is -2.24. The number of aromatic nitrogens is 2. The second kappa shape index (κ2) is 6.01. The Bertz CT molecular complexity index is 673. The third kappa shape index (κ3) is 3.26. The van der Waals surface area contributed by atoms with Crippen LogP contribution in [0.2, 0.25) is 0 Å². The zero-order valence-corrected chi connectivity index (χ0v) is 15.0. The molecule has 0 radical (unpaired) electrons. The number of anilines is 1. The molecule has 0 unspecified atom stereocenters. The summed E-state index contributed by atoms with van der Waals surface area (Å²) in [5.41, 5.74) is 7.67. The molecule has 21 heavy (non-hydrogen) atoms. The normalized spacial score (nSPS) is 12.2. The van der Waals surface area contributed by atoms with E-state index in [1.165, 1.54) is 12.8 Å². The van der Waals surface area contributed by atoms with Crippen LogP contribution in [0.5, 0.6) is 0 Å². The van der Waals surface area contributed by atoms with Gasteiger partial charge in [-0.15, -0.1) is 23.1 Å². The maximum absolute atomic E-state index is 12.0. The van der Waals surface area contributed by atoms with Gasteiger partial charge >= 0.3 is 5.69 Å². The number of hydrogen-bond acceptors (Lipinski definition) is 5. The van der Waals surface area contributed by atoms with Gasteiger partial charge in [0.25, 0.3) is 0 Å². The summed E-state index contributed by atoms with van der Waals surface area (Å²) in [5, 5.41) is 0. The van der Waals surface area contributed by atoms with Crippen LogP contribution < -0.4 is 11.4 Å². The molecule has 6 heteroatoms. The maximum atomic E-state index is 12.0. The second-order valence-electron chi connectivity index (χ2n) is 6.20. The Labute approximate surface area is 134 Å². The van der Waals surface area contributed by atoms with Crippen LogP contribution in [0.3, 0.4) is 0 Å². The van der Waals surface area contributed by atoms with Crippen LogP contribution >= 0.6 is 23.1 Å². The molecule has 2 heterocycles. The van der Waals surface area contributed by atoms with E-state index in [9.17, 15) is 4.79 Å². The molecular weight excluding hydrogens is 302 g/mol. The predicted molar refractivity (Wildman–Crippen MR) is 92.2 cm³/mol. The number of thioether (sulfide) groups is 1. The van der Waals surface area contributed by atoms with E-state index >= 15 is 0 Å². The summed E-state index contributed by atoms with van der Waals surface area (Å²) in [7, 11) is 0. The molecule has 0 bridgehead atoms. The molecule has 0 atom stereocenters. The van der Waals surface area contributed by atoms with Crippen LogP contribution in [0.15, 0.2) is 9.00 Å². The number of rotatable bonds is 5. The highest BCUT2D eigenvalue weighted by molar-refractivity contribution is 8.01. The Balaban J connectivity index is 2.40. The first-order chi connectivity index (χ1) is 9.76. The average Bonchev–Trinajstić information content (AvgIpc) is 2.68. The van der Waals surface area contributed by atoms with Crippen molar-refractivity contribution in [1.29, 1.82) is 0 Å². The Morgan fingerprint density at radius 1 is 1.38 bits per heavy atom. The van der Waals surface area contributed by atoms with E-state index in [4.69, 9.17) is 5.73 Å². The second-order valence-corrected chi connectivity index (χ2v) is 8.67. The fraction of sp³-hybridized carbons (Fsp3) is 0.600. The summed E-state index contributed by atoms with van der Waals surface area (Å²) >= 11 is 3.49. The van der Waals surface area contributed by atoms with Gasteiger partial charge in [-0.3, -0.25) is 4.57 Å². The van der Waals surface area contributed by atoms with E-state index in [0.29, 0.717) is 5.82 Å². The summed E-state index contributed by atoms with van der Waals surface area (Å²) in [6.07, 6.45) is 2.37. The highest BCUT2D eigenvalue weighted by Gasteiger charge is 2.24. The lowest BCUT2D eigenvalue weighted by Crippen LogP contribution is -2.18. The third-order valence-corrected chi connectivity index (χ3v) is 6.64. The largest absolute Gasteiger partial charge is 0.382 e. The zero-order chi connectivity index (χ0) is 15.8. The number of nitrogens with two attached hydrogens (primary N) is 1.